The predicted octanol–water partition coefficient (Wildman–Crippen LogP) is -8.21. The molecule has 0 rings (SSSR count). The Hall–Kier alpha value is 2.00. The average molecular weight is 634 g/mol. The van der Waals surface area contributed by atoms with Crippen LogP contribution in [0.15, 0.2) is 0 Å². The second-order valence-corrected chi connectivity index (χ2v) is 7.79. The van der Waals surface area contributed by atoms with E-state index in [9.17, 15) is 0 Å². The number of rotatable bonds is 0. The minimum atomic E-state index is -7.51. The summed E-state index contributed by atoms with van der Waals surface area (Å²) in [6, 6.07) is 0. The van der Waals surface area contributed by atoms with Crippen LogP contribution < -0.4 is 25.1 Å². The van der Waals surface area contributed by atoms with E-state index in [0.717, 1.165) is 0 Å². The van der Waals surface area contributed by atoms with Crippen molar-refractivity contribution in [3.63, 3.8) is 0 Å². The first kappa shape index (κ1) is 33.6. The molecular formula is CeMn3O15Y. The molecule has 0 fully saturated rings. The Kier molecular flexibility index (Phi) is 13.8. The fourth-order valence-electron chi connectivity index (χ4n) is 0. The molecule has 0 saturated carbocycles. The van der Waals surface area contributed by atoms with Crippen molar-refractivity contribution in [1.29, 1.82) is 0 Å². The minimum Gasteiger partial charge on any atom is 3.00 e. The van der Waals surface area contributed by atoms with Gasteiger partial charge in [0.25, 0.3) is 0 Å². The largest absolute Gasteiger partial charge is 3.00 e. The summed E-state index contributed by atoms with van der Waals surface area (Å²) < 4.78 is 129. The predicted molar refractivity (Wildman–Crippen MR) is 6.18 cm³/mol. The summed E-state index contributed by atoms with van der Waals surface area (Å²) in [4.78, 5) is 0. The zero-order chi connectivity index (χ0) is 16.3. The van der Waals surface area contributed by atoms with Gasteiger partial charge in [-0.15, -0.1) is 0 Å². The van der Waals surface area contributed by atoms with Gasteiger partial charge in [-0.25, -0.2) is 0 Å². The quantitative estimate of drug-likeness (QED) is 0.224. The monoisotopic (exact) mass is 634 g/mol. The van der Waals surface area contributed by atoms with Crippen molar-refractivity contribution < 1.29 is 171 Å². The van der Waals surface area contributed by atoms with Crippen LogP contribution in [0.25, 0.3) is 0 Å². The number of hydrogen-bond acceptors (Lipinski definition) is 15. The van der Waals surface area contributed by atoms with Crippen LogP contribution in [0.4, 0.5) is 0 Å². The SMILES string of the molecule is [Ce+3].[O]=[Mn](=[O])(=[O])([O-])[O-].[O]=[Mn](=[O])(=[O])([O-])[O-].[O]=[Mn](=[O])(=[O])([O-])[O-].[Y+3]. The summed E-state index contributed by atoms with van der Waals surface area (Å²) in [5.74, 6) is 0. The van der Waals surface area contributed by atoms with Crippen molar-refractivity contribution in [2.75, 3.05) is 0 Å². The Labute approximate surface area is 168 Å². The first-order valence-corrected chi connectivity index (χ1v) is 9.54. The third kappa shape index (κ3) is 1810. The van der Waals surface area contributed by atoms with Crippen molar-refractivity contribution in [2.24, 2.45) is 0 Å². The van der Waals surface area contributed by atoms with Gasteiger partial charge in [-0.05, 0) is 0 Å². The van der Waals surface area contributed by atoms with Gasteiger partial charge in [0, 0.05) is 0 Å². The molecule has 20 heteroatoms. The van der Waals surface area contributed by atoms with E-state index in [1.165, 1.54) is 0 Å². The van der Waals surface area contributed by atoms with E-state index >= 15 is 0 Å². The van der Waals surface area contributed by atoms with Gasteiger partial charge < -0.3 is 0 Å². The molecule has 0 aliphatic carbocycles. The molecule has 0 aromatic rings. The minimum absolute atomic E-state index is 0. The zero-order valence-electron chi connectivity index (χ0n) is 8.33. The Morgan fingerprint density at radius 2 is 0.400 bits per heavy atom. The van der Waals surface area contributed by atoms with Crippen LogP contribution in [0.5, 0.6) is 0 Å². The normalized spacial score (nSPS) is 16.8. The summed E-state index contributed by atoms with van der Waals surface area (Å²) >= 11 is -22.5. The molecule has 0 aliphatic heterocycles. The molecule has 15 nitrogen and oxygen atoms in total. The zero-order valence-corrected chi connectivity index (χ0v) is 17.9. The van der Waals surface area contributed by atoms with Crippen molar-refractivity contribution in [1.82, 2.24) is 0 Å². The maximum absolute atomic E-state index is 8.61. The molecule has 0 saturated heterocycles. The van der Waals surface area contributed by atoms with Crippen LogP contribution in [-0.4, -0.2) is 0 Å². The van der Waals surface area contributed by atoms with Gasteiger partial charge in [0.2, 0.25) is 0 Å². The molecular weight excluding hydrogens is 634 g/mol. The fourth-order valence-corrected chi connectivity index (χ4v) is 0. The molecule has 0 aliphatic rings. The molecule has 0 aromatic heterocycles. The molecule has 118 valence electrons. The summed E-state index contributed by atoms with van der Waals surface area (Å²) in [7, 11) is 0. The van der Waals surface area contributed by atoms with Crippen LogP contribution in [0.1, 0.15) is 0 Å². The van der Waals surface area contributed by atoms with Gasteiger partial charge in [0.05, 0.1) is 0 Å². The van der Waals surface area contributed by atoms with Crippen LogP contribution in [0.2, 0.25) is 0 Å². The van der Waals surface area contributed by atoms with Gasteiger partial charge >= 0.3 is 171 Å². The van der Waals surface area contributed by atoms with Crippen molar-refractivity contribution in [2.45, 2.75) is 0 Å². The smallest absolute Gasteiger partial charge is 3.00 e. The third-order valence-electron chi connectivity index (χ3n) is 0. The second-order valence-electron chi connectivity index (χ2n) is 1.89. The van der Waals surface area contributed by atoms with E-state index in [0.29, 0.717) is 0 Å². The Bertz CT molecular complexity index is 691. The molecule has 0 bridgehead atoms. The van der Waals surface area contributed by atoms with Crippen molar-refractivity contribution >= 4 is 0 Å². The molecule has 0 aromatic carbocycles. The van der Waals surface area contributed by atoms with Crippen LogP contribution in [0, 0.1) is 41.7 Å². The van der Waals surface area contributed by atoms with Crippen molar-refractivity contribution in [3.05, 3.63) is 0 Å². The first-order valence-electron chi connectivity index (χ1n) is 2.31. The van der Waals surface area contributed by atoms with E-state index in [2.05, 4.69) is 0 Å². The summed E-state index contributed by atoms with van der Waals surface area (Å²) in [5.41, 5.74) is 0. The Morgan fingerprint density at radius 3 is 0.400 bits per heavy atom. The molecule has 0 N–H and O–H groups in total. The standard InChI is InChI=1S/Ce.3Mn.15O.Y/q+3;;;;;;;;;;;;;6*-1;+3. The van der Waals surface area contributed by atoms with Crippen LogP contribution in [0.3, 0.4) is 0 Å². The molecule has 0 heterocycles. The molecule has 0 amide bonds. The first-order chi connectivity index (χ1) is 6.71. The van der Waals surface area contributed by atoms with Gasteiger partial charge in [0.1, 0.15) is 0 Å². The molecule has 0 unspecified atom stereocenters. The van der Waals surface area contributed by atoms with E-state index in [4.69, 9.17) is 59.6 Å². The summed E-state index contributed by atoms with van der Waals surface area (Å²) in [6.45, 7) is 0. The van der Waals surface area contributed by atoms with E-state index in [1.54, 1.807) is 0 Å². The fraction of sp³-hybridized carbons (Fsp3) is 0. The average Bonchev–Trinajstić information content (AvgIpc) is 1.29. The van der Waals surface area contributed by atoms with Gasteiger partial charge in [0.15, 0.2) is 0 Å². The van der Waals surface area contributed by atoms with Gasteiger partial charge in [-0.3, -0.25) is 0 Å². The Balaban J connectivity index is -0.0000000536. The van der Waals surface area contributed by atoms with Gasteiger partial charge in [-0.1, -0.05) is 0 Å². The molecule has 0 spiro atoms. The summed E-state index contributed by atoms with van der Waals surface area (Å²) in [5, 5.41) is 0. The molecule has 0 atom stereocenters. The number of hydrogen-bond donors (Lipinski definition) is 0. The third-order valence-corrected chi connectivity index (χ3v) is 0. The maximum atomic E-state index is 8.61. The van der Waals surface area contributed by atoms with Crippen LogP contribution in [-0.2, 0) is 104 Å². The molecule has 20 heavy (non-hydrogen) atoms. The Morgan fingerprint density at radius 1 is 0.400 bits per heavy atom. The van der Waals surface area contributed by atoms with Crippen molar-refractivity contribution in [3.8, 4) is 0 Å². The van der Waals surface area contributed by atoms with E-state index < -0.39 is 36.7 Å². The van der Waals surface area contributed by atoms with Crippen LogP contribution >= 0.6 is 0 Å². The topological polar surface area (TPSA) is 292 Å². The van der Waals surface area contributed by atoms with Gasteiger partial charge in [-0.2, -0.15) is 0 Å². The maximum Gasteiger partial charge on any atom is 3.00 e. The second kappa shape index (κ2) is 8.20. The van der Waals surface area contributed by atoms with E-state index in [1.807, 2.05) is 0 Å². The van der Waals surface area contributed by atoms with E-state index in [-0.39, 0.29) is 74.5 Å². The molecule has 1 radical (unpaired) electrons. The summed E-state index contributed by atoms with van der Waals surface area (Å²) in [6.07, 6.45) is 0.